The highest BCUT2D eigenvalue weighted by atomic mass is 16.4. The van der Waals surface area contributed by atoms with Gasteiger partial charge >= 0.3 is 12.0 Å². The first-order valence-electron chi connectivity index (χ1n) is 8.33. The van der Waals surface area contributed by atoms with Crippen LogP contribution in [0.25, 0.3) is 0 Å². The maximum atomic E-state index is 12.8. The highest BCUT2D eigenvalue weighted by Crippen LogP contribution is 2.35. The summed E-state index contributed by atoms with van der Waals surface area (Å²) in [6, 6.07) is 0.405. The van der Waals surface area contributed by atoms with Crippen LogP contribution < -0.4 is 0 Å². The number of nitrogens with zero attached hydrogens (tertiary/aromatic N) is 2. The molecule has 0 aromatic rings. The van der Waals surface area contributed by atoms with Gasteiger partial charge in [0.2, 0.25) is 0 Å². The summed E-state index contributed by atoms with van der Waals surface area (Å²) in [4.78, 5) is 28.1. The van der Waals surface area contributed by atoms with Gasteiger partial charge in [-0.25, -0.2) is 4.79 Å². The van der Waals surface area contributed by atoms with Crippen LogP contribution in [0.3, 0.4) is 0 Å². The third kappa shape index (κ3) is 3.16. The molecule has 0 spiro atoms. The average molecular weight is 296 g/mol. The van der Waals surface area contributed by atoms with Crippen LogP contribution in [-0.2, 0) is 4.79 Å². The first-order chi connectivity index (χ1) is 10.0. The van der Waals surface area contributed by atoms with E-state index in [9.17, 15) is 14.7 Å². The van der Waals surface area contributed by atoms with Gasteiger partial charge < -0.3 is 14.9 Å². The van der Waals surface area contributed by atoms with Gasteiger partial charge in [-0.15, -0.1) is 0 Å². The third-order valence-electron chi connectivity index (χ3n) is 5.25. The van der Waals surface area contributed by atoms with Crippen LogP contribution in [0.1, 0.15) is 58.8 Å². The second kappa shape index (κ2) is 6.67. The van der Waals surface area contributed by atoms with Crippen LogP contribution in [0.2, 0.25) is 0 Å². The molecule has 0 bridgehead atoms. The first kappa shape index (κ1) is 16.1. The van der Waals surface area contributed by atoms with Gasteiger partial charge in [-0.2, -0.15) is 0 Å². The van der Waals surface area contributed by atoms with Crippen molar-refractivity contribution >= 4 is 12.0 Å². The Bertz CT molecular complexity index is 397. The number of hydrogen-bond acceptors (Lipinski definition) is 2. The van der Waals surface area contributed by atoms with E-state index < -0.39 is 11.4 Å². The SMILES string of the molecule is CCCC1CCCCN1C(=O)N1CCC(CC)(C(=O)O)C1. The molecule has 5 nitrogen and oxygen atoms in total. The van der Waals surface area contributed by atoms with Crippen molar-refractivity contribution in [2.75, 3.05) is 19.6 Å². The third-order valence-corrected chi connectivity index (χ3v) is 5.25. The Morgan fingerprint density at radius 2 is 2.00 bits per heavy atom. The monoisotopic (exact) mass is 296 g/mol. The molecule has 2 aliphatic rings. The van der Waals surface area contributed by atoms with Crippen molar-refractivity contribution in [2.45, 2.75) is 64.8 Å². The Labute approximate surface area is 127 Å². The van der Waals surface area contributed by atoms with Crippen molar-refractivity contribution < 1.29 is 14.7 Å². The Hall–Kier alpha value is -1.26. The number of hydrogen-bond donors (Lipinski definition) is 1. The molecule has 5 heteroatoms. The minimum atomic E-state index is -0.760. The van der Waals surface area contributed by atoms with Crippen LogP contribution in [0.5, 0.6) is 0 Å². The second-order valence-corrected chi connectivity index (χ2v) is 6.52. The number of urea groups is 1. The maximum absolute atomic E-state index is 12.8. The van der Waals surface area contributed by atoms with Gasteiger partial charge in [0.1, 0.15) is 0 Å². The molecule has 2 saturated heterocycles. The van der Waals surface area contributed by atoms with Crippen LogP contribution >= 0.6 is 0 Å². The van der Waals surface area contributed by atoms with Gasteiger partial charge in [0.15, 0.2) is 0 Å². The molecule has 2 atom stereocenters. The zero-order valence-corrected chi connectivity index (χ0v) is 13.3. The van der Waals surface area contributed by atoms with Crippen LogP contribution in [0, 0.1) is 5.41 Å². The number of amides is 2. The van der Waals surface area contributed by atoms with E-state index in [-0.39, 0.29) is 6.03 Å². The second-order valence-electron chi connectivity index (χ2n) is 6.52. The first-order valence-corrected chi connectivity index (χ1v) is 8.33. The maximum Gasteiger partial charge on any atom is 0.320 e. The van der Waals surface area contributed by atoms with Gasteiger partial charge in [0.05, 0.1) is 5.41 Å². The number of aliphatic carboxylic acids is 1. The van der Waals surface area contributed by atoms with Crippen molar-refractivity contribution in [2.24, 2.45) is 5.41 Å². The van der Waals surface area contributed by atoms with Gasteiger partial charge in [-0.1, -0.05) is 20.3 Å². The van der Waals surface area contributed by atoms with Crippen LogP contribution in [-0.4, -0.2) is 52.6 Å². The largest absolute Gasteiger partial charge is 0.481 e. The Balaban J connectivity index is 2.04. The molecule has 0 aliphatic carbocycles. The lowest BCUT2D eigenvalue weighted by Gasteiger charge is -2.38. The number of carbonyl (C=O) groups is 2. The van der Waals surface area contributed by atoms with E-state index in [1.54, 1.807) is 4.90 Å². The molecule has 0 saturated carbocycles. The number of carboxylic acids is 1. The molecule has 21 heavy (non-hydrogen) atoms. The van der Waals surface area contributed by atoms with E-state index in [1.165, 1.54) is 6.42 Å². The number of likely N-dealkylation sites (tertiary alicyclic amines) is 2. The van der Waals surface area contributed by atoms with E-state index in [1.807, 2.05) is 11.8 Å². The van der Waals surface area contributed by atoms with E-state index in [0.29, 0.717) is 32.0 Å². The highest BCUT2D eigenvalue weighted by molar-refractivity contribution is 5.80. The molecular formula is C16H28N2O3. The summed E-state index contributed by atoms with van der Waals surface area (Å²) in [7, 11) is 0. The molecule has 0 radical (unpaired) electrons. The van der Waals surface area contributed by atoms with Crippen molar-refractivity contribution in [1.29, 1.82) is 0 Å². The van der Waals surface area contributed by atoms with E-state index >= 15 is 0 Å². The van der Waals surface area contributed by atoms with Crippen LogP contribution in [0.15, 0.2) is 0 Å². The molecule has 2 aliphatic heterocycles. The Kier molecular flexibility index (Phi) is 5.12. The van der Waals surface area contributed by atoms with Crippen molar-refractivity contribution in [3.05, 3.63) is 0 Å². The fourth-order valence-electron chi connectivity index (χ4n) is 3.72. The van der Waals surface area contributed by atoms with Gasteiger partial charge in [-0.3, -0.25) is 4.79 Å². The summed E-state index contributed by atoms with van der Waals surface area (Å²) in [5, 5.41) is 9.46. The zero-order chi connectivity index (χ0) is 15.5. The fraction of sp³-hybridized carbons (Fsp3) is 0.875. The number of rotatable bonds is 4. The summed E-state index contributed by atoms with van der Waals surface area (Å²) < 4.78 is 0. The van der Waals surface area contributed by atoms with Gasteiger partial charge in [-0.05, 0) is 38.5 Å². The summed E-state index contributed by atoms with van der Waals surface area (Å²) in [6.45, 7) is 5.83. The number of piperidine rings is 1. The molecule has 2 rings (SSSR count). The average Bonchev–Trinajstić information content (AvgIpc) is 2.93. The van der Waals surface area contributed by atoms with Crippen molar-refractivity contribution in [1.82, 2.24) is 9.80 Å². The van der Waals surface area contributed by atoms with E-state index in [0.717, 1.165) is 32.2 Å². The topological polar surface area (TPSA) is 60.9 Å². The quantitative estimate of drug-likeness (QED) is 0.867. The summed E-state index contributed by atoms with van der Waals surface area (Å²) in [5.74, 6) is -0.760. The van der Waals surface area contributed by atoms with Crippen LogP contribution in [0.4, 0.5) is 4.79 Å². The summed E-state index contributed by atoms with van der Waals surface area (Å²) in [5.41, 5.74) is -0.730. The normalized spacial score (nSPS) is 29.7. The fourth-order valence-corrected chi connectivity index (χ4v) is 3.72. The molecule has 2 heterocycles. The molecule has 1 N–H and O–H groups in total. The summed E-state index contributed by atoms with van der Waals surface area (Å²) >= 11 is 0. The van der Waals surface area contributed by atoms with E-state index in [2.05, 4.69) is 6.92 Å². The molecule has 0 aromatic heterocycles. The smallest absolute Gasteiger partial charge is 0.320 e. The lowest BCUT2D eigenvalue weighted by molar-refractivity contribution is -0.148. The zero-order valence-electron chi connectivity index (χ0n) is 13.3. The minimum Gasteiger partial charge on any atom is -0.481 e. The van der Waals surface area contributed by atoms with Gasteiger partial charge in [0, 0.05) is 25.7 Å². The predicted molar refractivity (Wildman–Crippen MR) is 81.2 cm³/mol. The minimum absolute atomic E-state index is 0.0599. The molecule has 120 valence electrons. The van der Waals surface area contributed by atoms with E-state index in [4.69, 9.17) is 0 Å². The Morgan fingerprint density at radius 1 is 1.24 bits per heavy atom. The van der Waals surface area contributed by atoms with Crippen molar-refractivity contribution in [3.8, 4) is 0 Å². The number of carboxylic acid groups (broad SMARTS) is 1. The molecular weight excluding hydrogens is 268 g/mol. The van der Waals surface area contributed by atoms with Gasteiger partial charge in [0.25, 0.3) is 0 Å². The molecule has 2 amide bonds. The predicted octanol–water partition coefficient (Wildman–Crippen LogP) is 2.95. The lowest BCUT2D eigenvalue weighted by atomic mass is 9.84. The molecule has 2 fully saturated rings. The molecule has 0 aromatic carbocycles. The standard InChI is InChI=1S/C16H28N2O3/c1-3-7-13-8-5-6-10-18(13)15(21)17-11-9-16(4-2,12-17)14(19)20/h13H,3-12H2,1-2H3,(H,19,20). The van der Waals surface area contributed by atoms with Crippen molar-refractivity contribution in [3.63, 3.8) is 0 Å². The highest BCUT2D eigenvalue weighted by Gasteiger charge is 2.46. The lowest BCUT2D eigenvalue weighted by Crippen LogP contribution is -2.50. The molecule has 2 unspecified atom stereocenters. The number of carbonyl (C=O) groups excluding carboxylic acids is 1. The Morgan fingerprint density at radius 3 is 2.57 bits per heavy atom. The summed E-state index contributed by atoms with van der Waals surface area (Å²) in [6.07, 6.45) is 6.66.